The third-order valence-electron chi connectivity index (χ3n) is 3.39. The van der Waals surface area contributed by atoms with E-state index in [0.717, 1.165) is 0 Å². The van der Waals surface area contributed by atoms with Gasteiger partial charge in [-0.2, -0.15) is 0 Å². The van der Waals surface area contributed by atoms with Crippen molar-refractivity contribution in [2.75, 3.05) is 26.9 Å². The molecule has 29 heavy (non-hydrogen) atoms. The van der Waals surface area contributed by atoms with Gasteiger partial charge < -0.3 is 23.7 Å². The molecule has 1 aromatic carbocycles. The van der Waals surface area contributed by atoms with Crippen LogP contribution in [0.15, 0.2) is 36.4 Å². The topological polar surface area (TPSA) is 97.4 Å². The van der Waals surface area contributed by atoms with Crippen molar-refractivity contribution in [3.8, 4) is 11.5 Å². The number of benzene rings is 1. The smallest absolute Gasteiger partial charge is 0.333 e. The molecule has 0 aromatic heterocycles. The van der Waals surface area contributed by atoms with Crippen molar-refractivity contribution in [3.63, 3.8) is 0 Å². The lowest BCUT2D eigenvalue weighted by atomic mass is 10.2. The van der Waals surface area contributed by atoms with E-state index < -0.39 is 24.0 Å². The van der Waals surface area contributed by atoms with Crippen molar-refractivity contribution in [1.29, 1.82) is 0 Å². The van der Waals surface area contributed by atoms with Crippen LogP contribution in [0, 0.1) is 0 Å². The molecule has 0 radical (unpaired) electrons. The van der Waals surface area contributed by atoms with Crippen LogP contribution < -0.4 is 9.47 Å². The standard InChI is InChI=1S/C21H26O8/c1-6-26-20(23)10-8-16-7-9-18(19(11-16)25-5)27-12-17(29-15(4)22)13-28-21(24)14(2)3/h7-11,17H,2,6,12-13H2,1,3-5H3/b10-8+. The van der Waals surface area contributed by atoms with Crippen LogP contribution in [0.25, 0.3) is 6.08 Å². The molecule has 0 bridgehead atoms. The lowest BCUT2D eigenvalue weighted by Gasteiger charge is -2.19. The molecule has 1 rings (SSSR count). The molecule has 0 amide bonds. The fourth-order valence-electron chi connectivity index (χ4n) is 2.09. The van der Waals surface area contributed by atoms with Gasteiger partial charge in [0.1, 0.15) is 13.2 Å². The highest BCUT2D eigenvalue weighted by molar-refractivity contribution is 5.87. The first kappa shape index (κ1) is 23.7. The predicted octanol–water partition coefficient (Wildman–Crippen LogP) is 2.70. The van der Waals surface area contributed by atoms with Gasteiger partial charge in [-0.05, 0) is 37.6 Å². The summed E-state index contributed by atoms with van der Waals surface area (Å²) in [7, 11) is 1.47. The van der Waals surface area contributed by atoms with Crippen LogP contribution in [-0.2, 0) is 28.6 Å². The van der Waals surface area contributed by atoms with Gasteiger partial charge in [-0.15, -0.1) is 0 Å². The van der Waals surface area contributed by atoms with Crippen LogP contribution in [0.4, 0.5) is 0 Å². The molecular weight excluding hydrogens is 380 g/mol. The SMILES string of the molecule is C=C(C)C(=O)OCC(COc1ccc(/C=C/C(=O)OCC)cc1OC)OC(C)=O. The Hall–Kier alpha value is -3.29. The van der Waals surface area contributed by atoms with Crippen LogP contribution in [0.2, 0.25) is 0 Å². The first-order valence-corrected chi connectivity index (χ1v) is 8.92. The van der Waals surface area contributed by atoms with Gasteiger partial charge in [0.2, 0.25) is 0 Å². The lowest BCUT2D eigenvalue weighted by Crippen LogP contribution is -2.30. The Morgan fingerprint density at radius 2 is 1.83 bits per heavy atom. The Balaban J connectivity index is 2.80. The molecule has 0 aliphatic carbocycles. The van der Waals surface area contributed by atoms with Gasteiger partial charge in [0.15, 0.2) is 17.6 Å². The molecule has 0 fully saturated rings. The summed E-state index contributed by atoms with van der Waals surface area (Å²) in [5.74, 6) is -0.755. The summed E-state index contributed by atoms with van der Waals surface area (Å²) >= 11 is 0. The summed E-state index contributed by atoms with van der Waals surface area (Å²) in [4.78, 5) is 34.2. The normalized spacial score (nSPS) is 11.4. The largest absolute Gasteiger partial charge is 0.493 e. The summed E-state index contributed by atoms with van der Waals surface area (Å²) in [6.07, 6.45) is 2.10. The Bertz CT molecular complexity index is 766. The van der Waals surface area contributed by atoms with E-state index in [1.807, 2.05) is 0 Å². The molecule has 8 nitrogen and oxygen atoms in total. The second-order valence-electron chi connectivity index (χ2n) is 5.92. The second-order valence-corrected chi connectivity index (χ2v) is 5.92. The molecule has 1 atom stereocenters. The monoisotopic (exact) mass is 406 g/mol. The molecule has 0 aliphatic rings. The van der Waals surface area contributed by atoms with E-state index in [0.29, 0.717) is 23.7 Å². The van der Waals surface area contributed by atoms with E-state index in [2.05, 4.69) is 6.58 Å². The molecule has 0 heterocycles. The van der Waals surface area contributed by atoms with Gasteiger partial charge in [-0.3, -0.25) is 4.79 Å². The molecule has 0 saturated carbocycles. The highest BCUT2D eigenvalue weighted by atomic mass is 16.6. The van der Waals surface area contributed by atoms with Gasteiger partial charge in [-0.1, -0.05) is 12.6 Å². The number of methoxy groups -OCH3 is 1. The van der Waals surface area contributed by atoms with Crippen LogP contribution >= 0.6 is 0 Å². The number of ether oxygens (including phenoxy) is 5. The first-order chi connectivity index (χ1) is 13.8. The van der Waals surface area contributed by atoms with Crippen molar-refractivity contribution >= 4 is 24.0 Å². The van der Waals surface area contributed by atoms with Gasteiger partial charge in [0.25, 0.3) is 0 Å². The number of carbonyl (C=O) groups is 3. The average Bonchev–Trinajstić information content (AvgIpc) is 2.68. The van der Waals surface area contributed by atoms with Crippen LogP contribution in [0.5, 0.6) is 11.5 Å². The zero-order valence-electron chi connectivity index (χ0n) is 17.1. The number of hydrogen-bond donors (Lipinski definition) is 0. The summed E-state index contributed by atoms with van der Waals surface area (Å²) in [5.41, 5.74) is 0.940. The van der Waals surface area contributed by atoms with Gasteiger partial charge >= 0.3 is 17.9 Å². The number of esters is 3. The van der Waals surface area contributed by atoms with Gasteiger partial charge in [-0.25, -0.2) is 9.59 Å². The number of rotatable bonds is 11. The fraction of sp³-hybridized carbons (Fsp3) is 0.381. The van der Waals surface area contributed by atoms with E-state index in [-0.39, 0.29) is 18.8 Å². The Kier molecular flexibility index (Phi) is 10.0. The summed E-state index contributed by atoms with van der Waals surface area (Å²) in [6.45, 7) is 8.05. The highest BCUT2D eigenvalue weighted by Gasteiger charge is 2.18. The summed E-state index contributed by atoms with van der Waals surface area (Å²) in [6, 6.07) is 5.04. The lowest BCUT2D eigenvalue weighted by molar-refractivity contribution is -0.157. The van der Waals surface area contributed by atoms with Crippen LogP contribution in [0.1, 0.15) is 26.3 Å². The molecule has 8 heteroatoms. The average molecular weight is 406 g/mol. The molecule has 1 unspecified atom stereocenters. The summed E-state index contributed by atoms with van der Waals surface area (Å²) in [5, 5.41) is 0. The maximum absolute atomic E-state index is 11.5. The van der Waals surface area contributed by atoms with Crippen molar-refractivity contribution in [1.82, 2.24) is 0 Å². The molecule has 1 aromatic rings. The quantitative estimate of drug-likeness (QED) is 0.314. The van der Waals surface area contributed by atoms with Crippen LogP contribution in [-0.4, -0.2) is 50.9 Å². The third-order valence-corrected chi connectivity index (χ3v) is 3.39. The van der Waals surface area contributed by atoms with Crippen LogP contribution in [0.3, 0.4) is 0 Å². The fourth-order valence-corrected chi connectivity index (χ4v) is 2.09. The number of carbonyl (C=O) groups excluding carboxylic acids is 3. The minimum atomic E-state index is -0.802. The van der Waals surface area contributed by atoms with Gasteiger partial charge in [0.05, 0.1) is 13.7 Å². The first-order valence-electron chi connectivity index (χ1n) is 8.92. The van der Waals surface area contributed by atoms with E-state index in [9.17, 15) is 14.4 Å². The molecule has 0 aliphatic heterocycles. The zero-order chi connectivity index (χ0) is 21.8. The zero-order valence-corrected chi connectivity index (χ0v) is 17.1. The Morgan fingerprint density at radius 3 is 2.41 bits per heavy atom. The van der Waals surface area contributed by atoms with E-state index >= 15 is 0 Å². The van der Waals surface area contributed by atoms with Crippen molar-refractivity contribution in [3.05, 3.63) is 42.0 Å². The predicted molar refractivity (Wildman–Crippen MR) is 105 cm³/mol. The van der Waals surface area contributed by atoms with E-state index in [1.165, 1.54) is 27.0 Å². The minimum Gasteiger partial charge on any atom is -0.493 e. The van der Waals surface area contributed by atoms with Crippen molar-refractivity contribution < 1.29 is 38.1 Å². The van der Waals surface area contributed by atoms with E-state index in [4.69, 9.17) is 23.7 Å². The highest BCUT2D eigenvalue weighted by Crippen LogP contribution is 2.29. The molecule has 0 spiro atoms. The summed E-state index contributed by atoms with van der Waals surface area (Å²) < 4.78 is 25.9. The Labute approximate surface area is 170 Å². The van der Waals surface area contributed by atoms with Crippen molar-refractivity contribution in [2.24, 2.45) is 0 Å². The second kappa shape index (κ2) is 12.2. The Morgan fingerprint density at radius 1 is 1.10 bits per heavy atom. The maximum Gasteiger partial charge on any atom is 0.333 e. The maximum atomic E-state index is 11.5. The number of hydrogen-bond acceptors (Lipinski definition) is 8. The molecule has 0 saturated heterocycles. The van der Waals surface area contributed by atoms with E-state index in [1.54, 1.807) is 31.2 Å². The van der Waals surface area contributed by atoms with Gasteiger partial charge in [0, 0.05) is 18.6 Å². The third kappa shape index (κ3) is 8.96. The molecule has 158 valence electrons. The van der Waals surface area contributed by atoms with Crippen molar-refractivity contribution in [2.45, 2.75) is 26.9 Å². The molecule has 0 N–H and O–H groups in total. The molecular formula is C21H26O8. The minimum absolute atomic E-state index is 0.0581.